The summed E-state index contributed by atoms with van der Waals surface area (Å²) < 4.78 is 31.7. The van der Waals surface area contributed by atoms with E-state index in [-0.39, 0.29) is 17.5 Å². The van der Waals surface area contributed by atoms with Crippen molar-refractivity contribution in [1.29, 1.82) is 0 Å². The van der Waals surface area contributed by atoms with Gasteiger partial charge in [0.05, 0.1) is 6.04 Å². The molecule has 1 unspecified atom stereocenters. The number of nitrogens with one attached hydrogen (secondary N) is 2. The number of hydrogen-bond donors (Lipinski definition) is 3. The number of carbonyl (C=O) groups is 2. The molecule has 1 aromatic rings. The van der Waals surface area contributed by atoms with Crippen LogP contribution in [0.25, 0.3) is 0 Å². The number of fused-ring (bicyclic) bond motifs is 2. The Balaban J connectivity index is 0.000000370. The van der Waals surface area contributed by atoms with Crippen molar-refractivity contribution in [1.82, 2.24) is 15.5 Å². The number of piperidine rings is 1. The number of aryl methyl sites for hydroxylation is 1. The quantitative estimate of drug-likeness (QED) is 0.692. The van der Waals surface area contributed by atoms with Crippen LogP contribution in [0.15, 0.2) is 18.2 Å². The second kappa shape index (κ2) is 9.02. The van der Waals surface area contributed by atoms with Crippen molar-refractivity contribution in [2.24, 2.45) is 0 Å². The third-order valence-electron chi connectivity index (χ3n) is 5.78. The van der Waals surface area contributed by atoms with E-state index in [1.165, 1.54) is 29.5 Å². The monoisotopic (exact) mass is 415 g/mol. The van der Waals surface area contributed by atoms with Gasteiger partial charge in [0.25, 0.3) is 0 Å². The van der Waals surface area contributed by atoms with Crippen molar-refractivity contribution in [3.05, 3.63) is 34.9 Å². The number of halogens is 3. The molecule has 3 rings (SSSR count). The average molecular weight is 415 g/mol. The fraction of sp³-hybridized carbons (Fsp3) is 0.600. The zero-order chi connectivity index (χ0) is 21.8. The van der Waals surface area contributed by atoms with Crippen molar-refractivity contribution in [3.63, 3.8) is 0 Å². The van der Waals surface area contributed by atoms with E-state index in [1.54, 1.807) is 7.05 Å². The van der Waals surface area contributed by atoms with Gasteiger partial charge in [0.2, 0.25) is 0 Å². The molecule has 0 radical (unpaired) electrons. The maximum Gasteiger partial charge on any atom is 0.490 e. The minimum atomic E-state index is -5.08. The highest BCUT2D eigenvalue weighted by molar-refractivity contribution is 5.74. The molecule has 1 aliphatic heterocycles. The molecule has 1 fully saturated rings. The standard InChI is InChI=1S/C18H27N3O.C2HF3O2/c1-4-21-9-7-18(8-10-21)12-16(20-17(22)19-3)14-11-13(2)5-6-15(14)18;3-2(4,5)1(6)7/h5-6,11,16H,4,7-10,12H2,1-3H3,(H2,19,20,22);(H,6,7). The summed E-state index contributed by atoms with van der Waals surface area (Å²) in [6.07, 6.45) is -1.65. The first-order chi connectivity index (χ1) is 13.5. The van der Waals surface area contributed by atoms with Gasteiger partial charge in [0.1, 0.15) is 0 Å². The van der Waals surface area contributed by atoms with Gasteiger partial charge in [-0.3, -0.25) is 0 Å². The van der Waals surface area contributed by atoms with Gasteiger partial charge in [-0.1, -0.05) is 30.7 Å². The first-order valence-electron chi connectivity index (χ1n) is 9.64. The third-order valence-corrected chi connectivity index (χ3v) is 5.78. The summed E-state index contributed by atoms with van der Waals surface area (Å²) in [5.74, 6) is -2.76. The highest BCUT2D eigenvalue weighted by atomic mass is 19.4. The molecule has 0 aromatic heterocycles. The summed E-state index contributed by atoms with van der Waals surface area (Å²) in [5.41, 5.74) is 4.31. The van der Waals surface area contributed by atoms with Crippen LogP contribution in [0, 0.1) is 6.92 Å². The van der Waals surface area contributed by atoms with E-state index in [1.807, 2.05) is 0 Å². The topological polar surface area (TPSA) is 81.7 Å². The number of rotatable bonds is 2. The van der Waals surface area contributed by atoms with Gasteiger partial charge in [0, 0.05) is 12.5 Å². The molecule has 1 spiro atoms. The Morgan fingerprint density at radius 1 is 1.28 bits per heavy atom. The molecule has 0 bridgehead atoms. The summed E-state index contributed by atoms with van der Waals surface area (Å²) >= 11 is 0. The molecule has 1 saturated heterocycles. The molecule has 1 heterocycles. The van der Waals surface area contributed by atoms with E-state index in [9.17, 15) is 18.0 Å². The molecule has 2 amide bonds. The van der Waals surface area contributed by atoms with Gasteiger partial charge in [-0.15, -0.1) is 0 Å². The second-order valence-corrected chi connectivity index (χ2v) is 7.59. The van der Waals surface area contributed by atoms with Gasteiger partial charge in [0.15, 0.2) is 0 Å². The number of amides is 2. The molecular weight excluding hydrogens is 387 g/mol. The number of aliphatic carboxylic acids is 1. The van der Waals surface area contributed by atoms with Crippen LogP contribution in [-0.4, -0.2) is 54.9 Å². The molecule has 9 heteroatoms. The molecular formula is C20H28F3N3O3. The lowest BCUT2D eigenvalue weighted by Crippen LogP contribution is -2.42. The molecule has 29 heavy (non-hydrogen) atoms. The SMILES string of the molecule is CCN1CCC2(CC1)CC(NC(=O)NC)c1cc(C)ccc12.O=C(O)C(F)(F)F. The maximum atomic E-state index is 11.8. The van der Waals surface area contributed by atoms with Crippen LogP contribution in [0.2, 0.25) is 0 Å². The van der Waals surface area contributed by atoms with Crippen LogP contribution < -0.4 is 10.6 Å². The number of carbonyl (C=O) groups excluding carboxylic acids is 1. The Hall–Kier alpha value is -2.29. The number of nitrogens with zero attached hydrogens (tertiary/aromatic N) is 1. The van der Waals surface area contributed by atoms with Crippen molar-refractivity contribution in [3.8, 4) is 0 Å². The van der Waals surface area contributed by atoms with Crippen molar-refractivity contribution >= 4 is 12.0 Å². The molecule has 1 aliphatic carbocycles. The predicted molar refractivity (Wildman–Crippen MR) is 103 cm³/mol. The first kappa shape index (κ1) is 23.0. The predicted octanol–water partition coefficient (Wildman–Crippen LogP) is 3.36. The lowest BCUT2D eigenvalue weighted by Gasteiger charge is -2.40. The van der Waals surface area contributed by atoms with Gasteiger partial charge >= 0.3 is 18.2 Å². The van der Waals surface area contributed by atoms with Crippen molar-refractivity contribution in [2.75, 3.05) is 26.7 Å². The molecule has 0 saturated carbocycles. The smallest absolute Gasteiger partial charge is 0.475 e. The Morgan fingerprint density at radius 3 is 2.34 bits per heavy atom. The summed E-state index contributed by atoms with van der Waals surface area (Å²) in [4.78, 5) is 23.2. The lowest BCUT2D eigenvalue weighted by molar-refractivity contribution is -0.192. The Morgan fingerprint density at radius 2 is 1.86 bits per heavy atom. The molecule has 162 valence electrons. The van der Waals surface area contributed by atoms with Crippen LogP contribution in [0.3, 0.4) is 0 Å². The van der Waals surface area contributed by atoms with E-state index in [0.29, 0.717) is 0 Å². The van der Waals surface area contributed by atoms with Gasteiger partial charge in [-0.05, 0) is 56.9 Å². The second-order valence-electron chi connectivity index (χ2n) is 7.59. The Kier molecular flexibility index (Phi) is 7.15. The minimum absolute atomic E-state index is 0.0829. The maximum absolute atomic E-state index is 11.8. The zero-order valence-electron chi connectivity index (χ0n) is 16.9. The number of carboxylic acids is 1. The van der Waals surface area contributed by atoms with Crippen LogP contribution in [-0.2, 0) is 10.2 Å². The average Bonchev–Trinajstić information content (AvgIpc) is 2.94. The van der Waals surface area contributed by atoms with Crippen molar-refractivity contribution < 1.29 is 27.9 Å². The Bertz CT molecular complexity index is 744. The molecule has 2 aliphatic rings. The van der Waals surface area contributed by atoms with Gasteiger partial charge in [-0.25, -0.2) is 9.59 Å². The minimum Gasteiger partial charge on any atom is -0.475 e. The summed E-state index contributed by atoms with van der Waals surface area (Å²) in [5, 5.41) is 13.0. The molecule has 3 N–H and O–H groups in total. The first-order valence-corrected chi connectivity index (χ1v) is 9.64. The number of hydrogen-bond acceptors (Lipinski definition) is 3. The number of likely N-dealkylation sites (tertiary alicyclic amines) is 1. The Labute approximate surface area is 168 Å². The van der Waals surface area contributed by atoms with E-state index < -0.39 is 12.1 Å². The van der Waals surface area contributed by atoms with Crippen LogP contribution in [0.5, 0.6) is 0 Å². The van der Waals surface area contributed by atoms with Gasteiger partial charge < -0.3 is 20.6 Å². The van der Waals surface area contributed by atoms with Crippen LogP contribution in [0.4, 0.5) is 18.0 Å². The zero-order valence-corrected chi connectivity index (χ0v) is 16.9. The third kappa shape index (κ3) is 5.41. The molecule has 6 nitrogen and oxygen atoms in total. The lowest BCUT2D eigenvalue weighted by atomic mass is 9.73. The summed E-state index contributed by atoms with van der Waals surface area (Å²) in [6, 6.07) is 6.84. The largest absolute Gasteiger partial charge is 0.490 e. The number of carboxylic acid groups (broad SMARTS) is 1. The number of alkyl halides is 3. The summed E-state index contributed by atoms with van der Waals surface area (Å²) in [7, 11) is 1.68. The highest BCUT2D eigenvalue weighted by Gasteiger charge is 2.45. The van der Waals surface area contributed by atoms with Crippen molar-refractivity contribution in [2.45, 2.75) is 50.7 Å². The number of urea groups is 1. The summed E-state index contributed by atoms with van der Waals surface area (Å²) in [6.45, 7) is 7.82. The molecule has 1 atom stereocenters. The van der Waals surface area contributed by atoms with E-state index in [0.717, 1.165) is 26.1 Å². The number of benzene rings is 1. The van der Waals surface area contributed by atoms with Crippen LogP contribution >= 0.6 is 0 Å². The fourth-order valence-electron chi connectivity index (χ4n) is 4.19. The van der Waals surface area contributed by atoms with Crippen LogP contribution in [0.1, 0.15) is 48.9 Å². The van der Waals surface area contributed by atoms with Gasteiger partial charge in [-0.2, -0.15) is 13.2 Å². The van der Waals surface area contributed by atoms with E-state index >= 15 is 0 Å². The van der Waals surface area contributed by atoms with E-state index in [4.69, 9.17) is 9.90 Å². The fourth-order valence-corrected chi connectivity index (χ4v) is 4.19. The van der Waals surface area contributed by atoms with E-state index in [2.05, 4.69) is 47.6 Å². The highest BCUT2D eigenvalue weighted by Crippen LogP contribution is 2.50. The molecule has 1 aromatic carbocycles. The normalized spacial score (nSPS) is 20.4.